The molecule has 0 aromatic heterocycles. The Morgan fingerprint density at radius 1 is 1.09 bits per heavy atom. The van der Waals surface area contributed by atoms with Crippen LogP contribution in [0.5, 0.6) is 0 Å². The van der Waals surface area contributed by atoms with Gasteiger partial charge in [0.25, 0.3) is 15.7 Å². The number of nitro groups is 1. The van der Waals surface area contributed by atoms with Crippen LogP contribution in [0.4, 0.5) is 17.1 Å². The third-order valence-electron chi connectivity index (χ3n) is 4.65. The van der Waals surface area contributed by atoms with Crippen LogP contribution in [-0.2, 0) is 16.4 Å². The van der Waals surface area contributed by atoms with E-state index in [1.807, 2.05) is 31.2 Å². The number of aromatic carboxylic acids is 1. The Balaban J connectivity index is 1.95. The van der Waals surface area contributed by atoms with Gasteiger partial charge in [0, 0.05) is 12.1 Å². The summed E-state index contributed by atoms with van der Waals surface area (Å²) in [6.45, 7) is 2.03. The zero-order valence-corrected chi connectivity index (χ0v) is 18.2. The van der Waals surface area contributed by atoms with Crippen LogP contribution >= 0.6 is 0 Å². The number of nitrogens with zero attached hydrogens (tertiary/aromatic N) is 2. The molecule has 0 saturated carbocycles. The molecule has 11 heteroatoms. The lowest BCUT2D eigenvalue weighted by atomic mass is 10.1. The number of sulfonamides is 1. The molecule has 0 heterocycles. The Morgan fingerprint density at radius 2 is 1.79 bits per heavy atom. The van der Waals surface area contributed by atoms with E-state index in [0.29, 0.717) is 0 Å². The van der Waals surface area contributed by atoms with Crippen molar-refractivity contribution < 1.29 is 23.2 Å². The number of carboxylic acids is 1. The van der Waals surface area contributed by atoms with Gasteiger partial charge in [-0.2, -0.15) is 5.10 Å². The van der Waals surface area contributed by atoms with E-state index in [-0.39, 0.29) is 16.9 Å². The number of carboxylic acid groups (broad SMARTS) is 1. The number of hydrogen-bond donors (Lipinski definition) is 3. The summed E-state index contributed by atoms with van der Waals surface area (Å²) in [5.41, 5.74) is 3.58. The van der Waals surface area contributed by atoms with E-state index in [2.05, 4.69) is 15.2 Å². The lowest BCUT2D eigenvalue weighted by Gasteiger charge is -2.13. The van der Waals surface area contributed by atoms with Gasteiger partial charge in [-0.15, -0.1) is 0 Å². The van der Waals surface area contributed by atoms with Crippen LogP contribution in [0.3, 0.4) is 0 Å². The summed E-state index contributed by atoms with van der Waals surface area (Å²) >= 11 is 0. The minimum Gasteiger partial charge on any atom is -0.478 e. The van der Waals surface area contributed by atoms with E-state index in [1.54, 1.807) is 0 Å². The fraction of sp³-hybridized carbons (Fsp3) is 0.0909. The van der Waals surface area contributed by atoms with E-state index in [0.717, 1.165) is 29.7 Å². The van der Waals surface area contributed by atoms with Crippen LogP contribution in [0.15, 0.2) is 76.7 Å². The first-order valence-corrected chi connectivity index (χ1v) is 11.2. The quantitative estimate of drug-likeness (QED) is 0.243. The minimum absolute atomic E-state index is 0.0256. The highest BCUT2D eigenvalue weighted by Crippen LogP contribution is 2.29. The van der Waals surface area contributed by atoms with Crippen molar-refractivity contribution >= 4 is 39.3 Å². The third kappa shape index (κ3) is 5.71. The maximum atomic E-state index is 13.1. The number of carbonyl (C=O) groups is 1. The monoisotopic (exact) mass is 468 g/mol. The molecule has 0 aliphatic carbocycles. The number of aryl methyl sites for hydroxylation is 1. The molecule has 3 aromatic carbocycles. The Bertz CT molecular complexity index is 1320. The number of nitrogens with one attached hydrogen (secondary N) is 2. The van der Waals surface area contributed by atoms with E-state index in [9.17, 15) is 28.4 Å². The van der Waals surface area contributed by atoms with Crippen LogP contribution in [0.25, 0.3) is 0 Å². The molecule has 0 atom stereocenters. The molecule has 3 aromatic rings. The molecular weight excluding hydrogens is 448 g/mol. The van der Waals surface area contributed by atoms with Crippen LogP contribution in [0.1, 0.15) is 28.4 Å². The highest BCUT2D eigenvalue weighted by atomic mass is 32.2. The number of non-ortho nitro benzene ring substituents is 1. The second kappa shape index (κ2) is 9.92. The maximum absolute atomic E-state index is 13.1. The predicted molar refractivity (Wildman–Crippen MR) is 124 cm³/mol. The highest BCUT2D eigenvalue weighted by molar-refractivity contribution is 7.93. The van der Waals surface area contributed by atoms with Gasteiger partial charge >= 0.3 is 5.97 Å². The molecule has 33 heavy (non-hydrogen) atoms. The molecule has 0 bridgehead atoms. The molecule has 0 radical (unpaired) electrons. The van der Waals surface area contributed by atoms with Gasteiger partial charge in [0.15, 0.2) is 0 Å². The minimum atomic E-state index is -4.41. The molecule has 0 spiro atoms. The molecule has 0 unspecified atom stereocenters. The van der Waals surface area contributed by atoms with Crippen molar-refractivity contribution in [1.82, 2.24) is 0 Å². The first-order valence-electron chi connectivity index (χ1n) is 9.73. The van der Waals surface area contributed by atoms with Crippen LogP contribution in [-0.4, -0.2) is 30.6 Å². The van der Waals surface area contributed by atoms with E-state index in [1.165, 1.54) is 36.5 Å². The molecular formula is C22H20N4O6S. The maximum Gasteiger partial charge on any atom is 0.337 e. The van der Waals surface area contributed by atoms with Gasteiger partial charge in [0.1, 0.15) is 4.90 Å². The number of anilines is 2. The number of rotatable bonds is 9. The summed E-state index contributed by atoms with van der Waals surface area (Å²) in [5, 5.41) is 24.6. The SMILES string of the molecule is CCc1ccc(C=NNc2ccc([N+](=O)[O-])cc2S(=O)(=O)Nc2ccccc2C(=O)O)cc1. The molecule has 3 N–H and O–H groups in total. The Labute approximate surface area is 189 Å². The summed E-state index contributed by atoms with van der Waals surface area (Å²) in [6, 6.07) is 16.2. The molecule has 0 aliphatic heterocycles. The fourth-order valence-electron chi connectivity index (χ4n) is 2.91. The van der Waals surface area contributed by atoms with Crippen LogP contribution in [0.2, 0.25) is 0 Å². The molecule has 170 valence electrons. The van der Waals surface area contributed by atoms with Gasteiger partial charge in [-0.25, -0.2) is 13.2 Å². The fourth-order valence-corrected chi connectivity index (χ4v) is 4.17. The van der Waals surface area contributed by atoms with Gasteiger partial charge in [0.05, 0.1) is 28.1 Å². The summed E-state index contributed by atoms with van der Waals surface area (Å²) in [6.07, 6.45) is 2.36. The summed E-state index contributed by atoms with van der Waals surface area (Å²) in [5.74, 6) is -1.33. The molecule has 10 nitrogen and oxygen atoms in total. The van der Waals surface area contributed by atoms with Crippen LogP contribution < -0.4 is 10.1 Å². The molecule has 0 amide bonds. The van der Waals surface area contributed by atoms with E-state index < -0.39 is 31.5 Å². The van der Waals surface area contributed by atoms with Crippen molar-refractivity contribution in [2.24, 2.45) is 5.10 Å². The Morgan fingerprint density at radius 3 is 2.42 bits per heavy atom. The summed E-state index contributed by atoms with van der Waals surface area (Å²) in [4.78, 5) is 21.4. The van der Waals surface area contributed by atoms with Gasteiger partial charge in [-0.1, -0.05) is 43.3 Å². The Kier molecular flexibility index (Phi) is 7.04. The second-order valence-electron chi connectivity index (χ2n) is 6.86. The highest BCUT2D eigenvalue weighted by Gasteiger charge is 2.24. The lowest BCUT2D eigenvalue weighted by Crippen LogP contribution is -2.17. The smallest absolute Gasteiger partial charge is 0.337 e. The largest absolute Gasteiger partial charge is 0.478 e. The number of hydrogen-bond acceptors (Lipinski definition) is 7. The first-order chi connectivity index (χ1) is 15.7. The molecule has 3 rings (SSSR count). The van der Waals surface area contributed by atoms with Gasteiger partial charge in [-0.05, 0) is 35.7 Å². The third-order valence-corrected chi connectivity index (χ3v) is 6.06. The van der Waals surface area contributed by atoms with Gasteiger partial charge < -0.3 is 5.11 Å². The van der Waals surface area contributed by atoms with Crippen molar-refractivity contribution in [1.29, 1.82) is 0 Å². The van der Waals surface area contributed by atoms with Gasteiger partial charge in [0.2, 0.25) is 0 Å². The average Bonchev–Trinajstić information content (AvgIpc) is 2.79. The van der Waals surface area contributed by atoms with Crippen molar-refractivity contribution in [2.45, 2.75) is 18.2 Å². The van der Waals surface area contributed by atoms with Gasteiger partial charge in [-0.3, -0.25) is 20.3 Å². The normalized spacial score (nSPS) is 11.3. The zero-order chi connectivity index (χ0) is 24.0. The standard InChI is InChI=1S/C22H20N4O6S/c1-2-15-7-9-16(10-8-15)14-23-24-20-12-11-17(26(29)30)13-21(20)33(31,32)25-19-6-4-3-5-18(19)22(27)28/h3-14,24-25H,2H2,1H3,(H,27,28). The number of benzene rings is 3. The number of hydrazone groups is 1. The summed E-state index contributed by atoms with van der Waals surface area (Å²) < 4.78 is 28.3. The lowest BCUT2D eigenvalue weighted by molar-refractivity contribution is -0.385. The molecule has 0 aliphatic rings. The number of para-hydroxylation sites is 1. The first kappa shape index (κ1) is 23.4. The zero-order valence-electron chi connectivity index (χ0n) is 17.4. The van der Waals surface area contributed by atoms with E-state index in [4.69, 9.17) is 0 Å². The second-order valence-corrected chi connectivity index (χ2v) is 8.51. The van der Waals surface area contributed by atoms with Crippen molar-refractivity contribution in [2.75, 3.05) is 10.1 Å². The van der Waals surface area contributed by atoms with Crippen molar-refractivity contribution in [3.63, 3.8) is 0 Å². The van der Waals surface area contributed by atoms with Crippen molar-refractivity contribution in [3.8, 4) is 0 Å². The average molecular weight is 468 g/mol. The molecule has 0 fully saturated rings. The molecule has 0 saturated heterocycles. The summed E-state index contributed by atoms with van der Waals surface area (Å²) in [7, 11) is -4.41. The van der Waals surface area contributed by atoms with E-state index >= 15 is 0 Å². The topological polar surface area (TPSA) is 151 Å². The predicted octanol–water partition coefficient (Wildman–Crippen LogP) is 4.10. The Hall–Kier alpha value is -4.25. The van der Waals surface area contributed by atoms with Crippen LogP contribution in [0, 0.1) is 10.1 Å². The van der Waals surface area contributed by atoms with Crippen molar-refractivity contribution in [3.05, 3.63) is 93.5 Å². The number of nitro benzene ring substituents is 1.